The predicted molar refractivity (Wildman–Crippen MR) is 53.1 cm³/mol. The lowest BCUT2D eigenvalue weighted by Crippen LogP contribution is -2.37. The molecular formula is C9H14N2O4. The maximum Gasteiger partial charge on any atom is 0.328 e. The molecule has 0 aliphatic carbocycles. The standard InChI is InChI=1S/C9H14N2O4/c1-3-11(2)8(13)6-10-7(12)4-5-9(14)15/h4-5H,3,6H2,1-2H3,(H,10,12)(H,14,15)/b5-4+. The smallest absolute Gasteiger partial charge is 0.328 e. The van der Waals surface area contributed by atoms with Gasteiger partial charge < -0.3 is 15.3 Å². The van der Waals surface area contributed by atoms with Crippen molar-refractivity contribution in [3.63, 3.8) is 0 Å². The molecule has 2 N–H and O–H groups in total. The Morgan fingerprint density at radius 2 is 1.93 bits per heavy atom. The van der Waals surface area contributed by atoms with E-state index in [2.05, 4.69) is 5.32 Å². The Morgan fingerprint density at radius 1 is 1.33 bits per heavy atom. The van der Waals surface area contributed by atoms with Gasteiger partial charge in [0.15, 0.2) is 0 Å². The Hall–Kier alpha value is -1.85. The van der Waals surface area contributed by atoms with Crippen LogP contribution in [-0.2, 0) is 14.4 Å². The van der Waals surface area contributed by atoms with Crippen LogP contribution in [0, 0.1) is 0 Å². The van der Waals surface area contributed by atoms with Crippen LogP contribution in [0.5, 0.6) is 0 Å². The third kappa shape index (κ3) is 6.25. The molecule has 0 aromatic rings. The molecule has 84 valence electrons. The molecule has 0 aromatic heterocycles. The average Bonchev–Trinajstić information content (AvgIpc) is 2.21. The van der Waals surface area contributed by atoms with Crippen molar-refractivity contribution in [2.45, 2.75) is 6.92 Å². The first-order valence-electron chi connectivity index (χ1n) is 4.40. The highest BCUT2D eigenvalue weighted by Gasteiger charge is 2.06. The summed E-state index contributed by atoms with van der Waals surface area (Å²) < 4.78 is 0. The van der Waals surface area contributed by atoms with Gasteiger partial charge in [0.25, 0.3) is 0 Å². The molecule has 0 unspecified atom stereocenters. The van der Waals surface area contributed by atoms with E-state index in [4.69, 9.17) is 5.11 Å². The van der Waals surface area contributed by atoms with E-state index in [0.717, 1.165) is 6.08 Å². The number of carbonyl (C=O) groups excluding carboxylic acids is 2. The zero-order valence-electron chi connectivity index (χ0n) is 8.69. The summed E-state index contributed by atoms with van der Waals surface area (Å²) in [6.45, 7) is 2.23. The highest BCUT2D eigenvalue weighted by Crippen LogP contribution is 1.82. The summed E-state index contributed by atoms with van der Waals surface area (Å²) >= 11 is 0. The minimum atomic E-state index is -1.21. The summed E-state index contributed by atoms with van der Waals surface area (Å²) in [5.74, 6) is -2.04. The Balaban J connectivity index is 3.91. The van der Waals surface area contributed by atoms with Gasteiger partial charge in [-0.3, -0.25) is 9.59 Å². The lowest BCUT2D eigenvalue weighted by molar-refractivity contribution is -0.131. The van der Waals surface area contributed by atoms with Crippen molar-refractivity contribution in [2.75, 3.05) is 20.1 Å². The second-order valence-electron chi connectivity index (χ2n) is 2.80. The highest BCUT2D eigenvalue weighted by atomic mass is 16.4. The van der Waals surface area contributed by atoms with Crippen molar-refractivity contribution in [1.29, 1.82) is 0 Å². The predicted octanol–water partition coefficient (Wildman–Crippen LogP) is -0.778. The van der Waals surface area contributed by atoms with Crippen LogP contribution < -0.4 is 5.32 Å². The number of amides is 2. The van der Waals surface area contributed by atoms with Crippen LogP contribution in [0.25, 0.3) is 0 Å². The van der Waals surface area contributed by atoms with Crippen molar-refractivity contribution < 1.29 is 19.5 Å². The first kappa shape index (κ1) is 13.2. The van der Waals surface area contributed by atoms with Crippen molar-refractivity contribution in [1.82, 2.24) is 10.2 Å². The molecule has 0 saturated carbocycles. The molecule has 0 rings (SSSR count). The lowest BCUT2D eigenvalue weighted by atomic mass is 10.4. The zero-order chi connectivity index (χ0) is 11.8. The number of hydrogen-bond acceptors (Lipinski definition) is 3. The van der Waals surface area contributed by atoms with E-state index < -0.39 is 11.9 Å². The Bertz CT molecular complexity index is 286. The summed E-state index contributed by atoms with van der Waals surface area (Å²) in [5, 5.41) is 10.5. The molecule has 0 aliphatic rings. The fourth-order valence-electron chi connectivity index (χ4n) is 0.680. The molecule has 0 saturated heterocycles. The van der Waals surface area contributed by atoms with Crippen LogP contribution >= 0.6 is 0 Å². The first-order valence-corrected chi connectivity index (χ1v) is 4.40. The monoisotopic (exact) mass is 214 g/mol. The van der Waals surface area contributed by atoms with Crippen molar-refractivity contribution >= 4 is 17.8 Å². The minimum Gasteiger partial charge on any atom is -0.478 e. The van der Waals surface area contributed by atoms with E-state index in [-0.39, 0.29) is 12.5 Å². The van der Waals surface area contributed by atoms with E-state index in [1.807, 2.05) is 6.92 Å². The second kappa shape index (κ2) is 6.58. The average molecular weight is 214 g/mol. The maximum atomic E-state index is 11.2. The van der Waals surface area contributed by atoms with Gasteiger partial charge in [-0.05, 0) is 6.92 Å². The summed E-state index contributed by atoms with van der Waals surface area (Å²) in [4.78, 5) is 33.6. The van der Waals surface area contributed by atoms with Crippen LogP contribution in [-0.4, -0.2) is 47.9 Å². The number of nitrogens with zero attached hydrogens (tertiary/aromatic N) is 1. The van der Waals surface area contributed by atoms with E-state index >= 15 is 0 Å². The van der Waals surface area contributed by atoms with E-state index in [1.165, 1.54) is 4.90 Å². The largest absolute Gasteiger partial charge is 0.478 e. The molecular weight excluding hydrogens is 200 g/mol. The third-order valence-electron chi connectivity index (χ3n) is 1.69. The second-order valence-corrected chi connectivity index (χ2v) is 2.80. The lowest BCUT2D eigenvalue weighted by Gasteiger charge is -2.13. The van der Waals surface area contributed by atoms with Crippen molar-refractivity contribution in [2.24, 2.45) is 0 Å². The van der Waals surface area contributed by atoms with Crippen LogP contribution in [0.15, 0.2) is 12.2 Å². The molecule has 0 atom stereocenters. The molecule has 0 aliphatic heterocycles. The quantitative estimate of drug-likeness (QED) is 0.588. The number of carboxylic acids is 1. The van der Waals surface area contributed by atoms with Gasteiger partial charge in [-0.1, -0.05) is 0 Å². The molecule has 6 heteroatoms. The van der Waals surface area contributed by atoms with Crippen LogP contribution in [0.3, 0.4) is 0 Å². The summed E-state index contributed by atoms with van der Waals surface area (Å²) in [7, 11) is 1.61. The van der Waals surface area contributed by atoms with E-state index in [1.54, 1.807) is 7.05 Å². The van der Waals surface area contributed by atoms with E-state index in [9.17, 15) is 14.4 Å². The molecule has 2 amide bonds. The minimum absolute atomic E-state index is 0.132. The number of rotatable bonds is 5. The molecule has 0 fully saturated rings. The van der Waals surface area contributed by atoms with Gasteiger partial charge in [0.05, 0.1) is 6.54 Å². The summed E-state index contributed by atoms with van der Waals surface area (Å²) in [5.41, 5.74) is 0. The third-order valence-corrected chi connectivity index (χ3v) is 1.69. The maximum absolute atomic E-state index is 11.2. The summed E-state index contributed by atoms with van der Waals surface area (Å²) in [6, 6.07) is 0. The number of nitrogens with one attached hydrogen (secondary N) is 1. The fourth-order valence-corrected chi connectivity index (χ4v) is 0.680. The zero-order valence-corrected chi connectivity index (χ0v) is 8.69. The molecule has 6 nitrogen and oxygen atoms in total. The molecule has 0 radical (unpaired) electrons. The Labute approximate surface area is 87.6 Å². The number of hydrogen-bond donors (Lipinski definition) is 2. The van der Waals surface area contributed by atoms with Crippen LogP contribution in [0.1, 0.15) is 6.92 Å². The topological polar surface area (TPSA) is 86.7 Å². The van der Waals surface area contributed by atoms with Crippen molar-refractivity contribution in [3.05, 3.63) is 12.2 Å². The SMILES string of the molecule is CCN(C)C(=O)CNC(=O)/C=C/C(=O)O. The fraction of sp³-hybridized carbons (Fsp3) is 0.444. The number of carboxylic acid groups (broad SMARTS) is 1. The van der Waals surface area contributed by atoms with Gasteiger partial charge in [-0.25, -0.2) is 4.79 Å². The molecule has 0 spiro atoms. The number of likely N-dealkylation sites (N-methyl/N-ethyl adjacent to an activating group) is 1. The normalized spacial score (nSPS) is 10.0. The van der Waals surface area contributed by atoms with Crippen molar-refractivity contribution in [3.8, 4) is 0 Å². The van der Waals surface area contributed by atoms with E-state index in [0.29, 0.717) is 12.6 Å². The Kier molecular flexibility index (Phi) is 5.77. The van der Waals surface area contributed by atoms with Crippen LogP contribution in [0.4, 0.5) is 0 Å². The Morgan fingerprint density at radius 3 is 2.40 bits per heavy atom. The summed E-state index contributed by atoms with van der Waals surface area (Å²) in [6.07, 6.45) is 1.57. The number of aliphatic carboxylic acids is 1. The van der Waals surface area contributed by atoms with Gasteiger partial charge in [-0.15, -0.1) is 0 Å². The van der Waals surface area contributed by atoms with Gasteiger partial charge in [0.2, 0.25) is 11.8 Å². The molecule has 0 heterocycles. The highest BCUT2D eigenvalue weighted by molar-refractivity contribution is 5.95. The molecule has 0 aromatic carbocycles. The molecule has 0 bridgehead atoms. The molecule has 15 heavy (non-hydrogen) atoms. The van der Waals surface area contributed by atoms with Crippen LogP contribution in [0.2, 0.25) is 0 Å². The van der Waals surface area contributed by atoms with Gasteiger partial charge in [0.1, 0.15) is 0 Å². The number of carbonyl (C=O) groups is 3. The van der Waals surface area contributed by atoms with Gasteiger partial charge >= 0.3 is 5.97 Å². The first-order chi connectivity index (χ1) is 6.97. The van der Waals surface area contributed by atoms with Gasteiger partial charge in [-0.2, -0.15) is 0 Å². The van der Waals surface area contributed by atoms with Gasteiger partial charge in [0, 0.05) is 25.7 Å².